The van der Waals surface area contributed by atoms with Crippen molar-refractivity contribution in [2.75, 3.05) is 13.1 Å². The monoisotopic (exact) mass is 394 g/mol. The van der Waals surface area contributed by atoms with Crippen molar-refractivity contribution in [3.63, 3.8) is 0 Å². The Bertz CT molecular complexity index is 1100. The van der Waals surface area contributed by atoms with Gasteiger partial charge in [-0.2, -0.15) is 0 Å². The molecule has 8 heteroatoms. The molecule has 1 aromatic carbocycles. The number of benzene rings is 1. The first-order valence-corrected chi connectivity index (χ1v) is 9.64. The first-order chi connectivity index (χ1) is 14.1. The van der Waals surface area contributed by atoms with Gasteiger partial charge >= 0.3 is 5.69 Å². The van der Waals surface area contributed by atoms with Crippen LogP contribution in [0.2, 0.25) is 0 Å². The number of amides is 1. The molecule has 0 radical (unpaired) electrons. The van der Waals surface area contributed by atoms with Crippen molar-refractivity contribution >= 4 is 5.91 Å². The molecular formula is C21H22N4O4. The normalized spacial score (nSPS) is 16.7. The number of likely N-dealkylation sites (tertiary alicyclic amines) is 1. The van der Waals surface area contributed by atoms with Crippen LogP contribution in [0.25, 0.3) is 0 Å². The standard InChI is InChI=1S/C21H22N4O4/c26-18-8-10-25(21(28)23-18)14-19(27)24-9-4-7-16(13-24)20-22-12-17(29-20)11-15-5-2-1-3-6-15/h1-3,5-6,8,10,12,16H,4,7,9,11,13-14H2,(H,23,26,28)/t16-/m0/s1. The van der Waals surface area contributed by atoms with Gasteiger partial charge in [-0.15, -0.1) is 0 Å². The van der Waals surface area contributed by atoms with Gasteiger partial charge in [0.25, 0.3) is 5.56 Å². The van der Waals surface area contributed by atoms with E-state index < -0.39 is 11.2 Å². The summed E-state index contributed by atoms with van der Waals surface area (Å²) >= 11 is 0. The fourth-order valence-corrected chi connectivity index (χ4v) is 3.61. The molecule has 1 aliphatic heterocycles. The van der Waals surface area contributed by atoms with Gasteiger partial charge in [0.05, 0.1) is 12.1 Å². The highest BCUT2D eigenvalue weighted by atomic mass is 16.4. The number of H-pyrrole nitrogens is 1. The summed E-state index contributed by atoms with van der Waals surface area (Å²) in [7, 11) is 0. The van der Waals surface area contributed by atoms with Crippen LogP contribution in [0.1, 0.15) is 36.0 Å². The molecule has 150 valence electrons. The molecule has 2 aromatic heterocycles. The van der Waals surface area contributed by atoms with Crippen LogP contribution in [-0.2, 0) is 17.8 Å². The molecule has 1 fully saturated rings. The van der Waals surface area contributed by atoms with Crippen molar-refractivity contribution in [3.05, 3.63) is 86.8 Å². The molecule has 3 heterocycles. The Morgan fingerprint density at radius 3 is 2.83 bits per heavy atom. The fraction of sp³-hybridized carbons (Fsp3) is 0.333. The number of aromatic nitrogens is 3. The lowest BCUT2D eigenvalue weighted by Gasteiger charge is -2.31. The molecule has 3 aromatic rings. The van der Waals surface area contributed by atoms with Crippen LogP contribution < -0.4 is 11.2 Å². The van der Waals surface area contributed by atoms with E-state index in [-0.39, 0.29) is 18.4 Å². The highest BCUT2D eigenvalue weighted by Crippen LogP contribution is 2.27. The van der Waals surface area contributed by atoms with Crippen molar-refractivity contribution < 1.29 is 9.21 Å². The van der Waals surface area contributed by atoms with Gasteiger partial charge in [0, 0.05) is 31.8 Å². The third-order valence-electron chi connectivity index (χ3n) is 5.12. The number of aromatic amines is 1. The highest BCUT2D eigenvalue weighted by Gasteiger charge is 2.28. The molecule has 1 N–H and O–H groups in total. The maximum atomic E-state index is 12.7. The quantitative estimate of drug-likeness (QED) is 0.707. The molecule has 29 heavy (non-hydrogen) atoms. The van der Waals surface area contributed by atoms with E-state index in [0.717, 1.165) is 24.2 Å². The van der Waals surface area contributed by atoms with E-state index in [4.69, 9.17) is 4.42 Å². The number of nitrogens with one attached hydrogen (secondary N) is 1. The fourth-order valence-electron chi connectivity index (χ4n) is 3.61. The van der Waals surface area contributed by atoms with E-state index in [1.807, 2.05) is 30.3 Å². The van der Waals surface area contributed by atoms with E-state index in [2.05, 4.69) is 9.97 Å². The minimum Gasteiger partial charge on any atom is -0.445 e. The summed E-state index contributed by atoms with van der Waals surface area (Å²) in [5.74, 6) is 1.31. The number of carbonyl (C=O) groups excluding carboxylic acids is 1. The van der Waals surface area contributed by atoms with Gasteiger partial charge in [-0.05, 0) is 18.4 Å². The largest absolute Gasteiger partial charge is 0.445 e. The van der Waals surface area contributed by atoms with E-state index in [0.29, 0.717) is 25.4 Å². The first-order valence-electron chi connectivity index (χ1n) is 9.64. The van der Waals surface area contributed by atoms with Gasteiger partial charge in [0.2, 0.25) is 5.91 Å². The Labute approximate surface area is 166 Å². The van der Waals surface area contributed by atoms with Gasteiger partial charge < -0.3 is 9.32 Å². The molecule has 0 unspecified atom stereocenters. The topological polar surface area (TPSA) is 101 Å². The Morgan fingerprint density at radius 1 is 1.21 bits per heavy atom. The maximum Gasteiger partial charge on any atom is 0.328 e. The molecule has 1 saturated heterocycles. The summed E-state index contributed by atoms with van der Waals surface area (Å²) in [6.45, 7) is 1.03. The van der Waals surface area contributed by atoms with Crippen LogP contribution >= 0.6 is 0 Å². The summed E-state index contributed by atoms with van der Waals surface area (Å²) in [6.07, 6.45) is 5.51. The zero-order chi connectivity index (χ0) is 20.2. The van der Waals surface area contributed by atoms with Crippen molar-refractivity contribution in [3.8, 4) is 0 Å². The van der Waals surface area contributed by atoms with Crippen LogP contribution in [0, 0.1) is 0 Å². The minimum atomic E-state index is -0.585. The minimum absolute atomic E-state index is 0.0320. The number of carbonyl (C=O) groups is 1. The maximum absolute atomic E-state index is 12.7. The summed E-state index contributed by atoms with van der Waals surface area (Å²) in [5, 5.41) is 0. The van der Waals surface area contributed by atoms with Crippen molar-refractivity contribution in [2.24, 2.45) is 0 Å². The Balaban J connectivity index is 1.41. The first kappa shape index (κ1) is 18.9. The van der Waals surface area contributed by atoms with Gasteiger partial charge in [-0.1, -0.05) is 30.3 Å². The molecule has 1 amide bonds. The van der Waals surface area contributed by atoms with Gasteiger partial charge in [0.15, 0.2) is 5.89 Å². The van der Waals surface area contributed by atoms with E-state index in [9.17, 15) is 14.4 Å². The summed E-state index contributed by atoms with van der Waals surface area (Å²) < 4.78 is 7.17. The van der Waals surface area contributed by atoms with Gasteiger partial charge in [-0.25, -0.2) is 9.78 Å². The van der Waals surface area contributed by atoms with Gasteiger partial charge in [0.1, 0.15) is 12.3 Å². The number of nitrogens with zero attached hydrogens (tertiary/aromatic N) is 3. The molecule has 1 aliphatic rings. The molecule has 0 aliphatic carbocycles. The van der Waals surface area contributed by atoms with Crippen LogP contribution in [0.15, 0.2) is 62.8 Å². The Hall–Kier alpha value is -3.42. The predicted octanol–water partition coefficient (Wildman–Crippen LogP) is 1.52. The summed E-state index contributed by atoms with van der Waals surface area (Å²) in [4.78, 5) is 44.0. The van der Waals surface area contributed by atoms with Crippen LogP contribution in [-0.4, -0.2) is 38.4 Å². The van der Waals surface area contributed by atoms with Crippen LogP contribution in [0.3, 0.4) is 0 Å². The molecule has 0 saturated carbocycles. The second-order valence-corrected chi connectivity index (χ2v) is 7.24. The smallest absolute Gasteiger partial charge is 0.328 e. The van der Waals surface area contributed by atoms with Gasteiger partial charge in [-0.3, -0.25) is 19.1 Å². The molecule has 0 spiro atoms. The SMILES string of the molecule is O=C(Cn1ccc(=O)[nH]c1=O)N1CCC[C@H](c2ncc(Cc3ccccc3)o2)C1. The number of rotatable bonds is 5. The summed E-state index contributed by atoms with van der Waals surface area (Å²) in [5.41, 5.74) is 0.0894. The number of oxazole rings is 1. The second kappa shape index (κ2) is 8.30. The van der Waals surface area contributed by atoms with E-state index >= 15 is 0 Å². The van der Waals surface area contributed by atoms with Crippen molar-refractivity contribution in [1.82, 2.24) is 19.4 Å². The number of hydrogen-bond acceptors (Lipinski definition) is 5. The third kappa shape index (κ3) is 4.53. The summed E-state index contributed by atoms with van der Waals surface area (Å²) in [6, 6.07) is 11.3. The lowest BCUT2D eigenvalue weighted by atomic mass is 9.98. The number of piperidine rings is 1. The van der Waals surface area contributed by atoms with E-state index in [1.165, 1.54) is 16.8 Å². The lowest BCUT2D eigenvalue weighted by Crippen LogP contribution is -2.42. The Morgan fingerprint density at radius 2 is 2.03 bits per heavy atom. The van der Waals surface area contributed by atoms with Crippen LogP contribution in [0.4, 0.5) is 0 Å². The van der Waals surface area contributed by atoms with Crippen LogP contribution in [0.5, 0.6) is 0 Å². The molecule has 4 rings (SSSR count). The number of hydrogen-bond donors (Lipinski definition) is 1. The average molecular weight is 394 g/mol. The second-order valence-electron chi connectivity index (χ2n) is 7.24. The molecule has 1 atom stereocenters. The van der Waals surface area contributed by atoms with E-state index in [1.54, 1.807) is 11.1 Å². The molecule has 8 nitrogen and oxygen atoms in total. The zero-order valence-electron chi connectivity index (χ0n) is 15.9. The lowest BCUT2D eigenvalue weighted by molar-refractivity contribution is -0.133. The highest BCUT2D eigenvalue weighted by molar-refractivity contribution is 5.76. The van der Waals surface area contributed by atoms with Crippen molar-refractivity contribution in [1.29, 1.82) is 0 Å². The Kier molecular flexibility index (Phi) is 5.41. The molecule has 0 bridgehead atoms. The zero-order valence-corrected chi connectivity index (χ0v) is 15.9. The molecular weight excluding hydrogens is 372 g/mol. The van der Waals surface area contributed by atoms with Crippen molar-refractivity contribution in [2.45, 2.75) is 31.7 Å². The third-order valence-corrected chi connectivity index (χ3v) is 5.12. The predicted molar refractivity (Wildman–Crippen MR) is 106 cm³/mol. The average Bonchev–Trinajstić information content (AvgIpc) is 3.19.